The summed E-state index contributed by atoms with van der Waals surface area (Å²) in [6, 6.07) is 4.35. The predicted octanol–water partition coefficient (Wildman–Crippen LogP) is 1.13. The summed E-state index contributed by atoms with van der Waals surface area (Å²) in [5.74, 6) is -0.309. The normalized spacial score (nSPS) is 25.8. The van der Waals surface area contributed by atoms with Crippen LogP contribution in [-0.2, 0) is 16.1 Å². The Labute approximate surface area is 125 Å². The first-order chi connectivity index (χ1) is 10.4. The monoisotopic (exact) mass is 314 g/mol. The summed E-state index contributed by atoms with van der Waals surface area (Å²) in [5.41, 5.74) is 6.32. The predicted molar refractivity (Wildman–Crippen MR) is 71.4 cm³/mol. The maximum Gasteiger partial charge on any atom is 0.586 e. The fourth-order valence-corrected chi connectivity index (χ4v) is 2.39. The maximum absolute atomic E-state index is 12.9. The molecule has 1 aromatic carbocycles. The fourth-order valence-electron chi connectivity index (χ4n) is 2.39. The first-order valence-corrected chi connectivity index (χ1v) is 6.96. The third kappa shape index (κ3) is 3.28. The summed E-state index contributed by atoms with van der Waals surface area (Å²) in [6.07, 6.45) is -2.85. The van der Waals surface area contributed by atoms with E-state index in [1.54, 1.807) is 6.07 Å². The number of nitrogens with one attached hydrogen (secondary N) is 1. The molecule has 22 heavy (non-hydrogen) atoms. The second kappa shape index (κ2) is 5.69. The Morgan fingerprint density at radius 3 is 2.82 bits per heavy atom. The summed E-state index contributed by atoms with van der Waals surface area (Å²) in [6.45, 7) is 0.546. The lowest BCUT2D eigenvalue weighted by Gasteiger charge is -2.25. The lowest BCUT2D eigenvalue weighted by molar-refractivity contribution is -0.286. The van der Waals surface area contributed by atoms with Gasteiger partial charge in [0.15, 0.2) is 11.5 Å². The average Bonchev–Trinajstić information content (AvgIpc) is 2.78. The molecule has 8 heteroatoms. The minimum atomic E-state index is -3.64. The highest BCUT2D eigenvalue weighted by Crippen LogP contribution is 2.41. The highest BCUT2D eigenvalue weighted by atomic mass is 19.3. The molecule has 0 bridgehead atoms. The summed E-state index contributed by atoms with van der Waals surface area (Å²) in [5, 5.41) is 2.71. The van der Waals surface area contributed by atoms with Gasteiger partial charge in [-0.3, -0.25) is 4.79 Å². The van der Waals surface area contributed by atoms with Crippen molar-refractivity contribution in [2.45, 2.75) is 37.8 Å². The minimum Gasteiger partial charge on any atom is -0.395 e. The van der Waals surface area contributed by atoms with Gasteiger partial charge in [-0.15, -0.1) is 8.78 Å². The molecule has 0 saturated carbocycles. The van der Waals surface area contributed by atoms with E-state index in [0.29, 0.717) is 18.6 Å². The largest absolute Gasteiger partial charge is 0.586 e. The number of alkyl halides is 2. The zero-order valence-corrected chi connectivity index (χ0v) is 11.7. The Morgan fingerprint density at radius 2 is 2.09 bits per heavy atom. The number of hydrogen-bond acceptors (Lipinski definition) is 5. The maximum atomic E-state index is 12.9. The van der Waals surface area contributed by atoms with Crippen molar-refractivity contribution in [1.82, 2.24) is 5.32 Å². The van der Waals surface area contributed by atoms with E-state index < -0.39 is 12.4 Å². The first-order valence-electron chi connectivity index (χ1n) is 6.96. The van der Waals surface area contributed by atoms with Crippen LogP contribution in [0.4, 0.5) is 8.78 Å². The Hall–Kier alpha value is -1.93. The van der Waals surface area contributed by atoms with Gasteiger partial charge in [0.2, 0.25) is 5.91 Å². The second-order valence-electron chi connectivity index (χ2n) is 5.33. The van der Waals surface area contributed by atoms with Crippen LogP contribution in [0.5, 0.6) is 11.5 Å². The van der Waals surface area contributed by atoms with Crippen LogP contribution >= 0.6 is 0 Å². The quantitative estimate of drug-likeness (QED) is 0.874. The van der Waals surface area contributed by atoms with Gasteiger partial charge in [0.25, 0.3) is 0 Å². The van der Waals surface area contributed by atoms with Crippen LogP contribution in [0.25, 0.3) is 0 Å². The van der Waals surface area contributed by atoms with Gasteiger partial charge in [-0.1, -0.05) is 6.07 Å². The topological polar surface area (TPSA) is 82.8 Å². The van der Waals surface area contributed by atoms with Crippen LogP contribution in [0, 0.1) is 0 Å². The number of ether oxygens (including phenoxy) is 3. The van der Waals surface area contributed by atoms with Crippen molar-refractivity contribution in [3.05, 3.63) is 23.8 Å². The van der Waals surface area contributed by atoms with E-state index in [0.717, 1.165) is 6.42 Å². The molecule has 0 spiro atoms. The van der Waals surface area contributed by atoms with E-state index in [1.807, 2.05) is 0 Å². The van der Waals surface area contributed by atoms with Crippen LogP contribution in [0.1, 0.15) is 18.4 Å². The minimum absolute atomic E-state index is 0.0234. The molecule has 1 fully saturated rings. The molecule has 2 aliphatic heterocycles. The molecule has 1 saturated heterocycles. The number of rotatable bonds is 3. The summed E-state index contributed by atoms with van der Waals surface area (Å²) >= 11 is 0. The Morgan fingerprint density at radius 1 is 1.32 bits per heavy atom. The van der Waals surface area contributed by atoms with Gasteiger partial charge in [0.05, 0.1) is 6.61 Å². The Balaban J connectivity index is 1.55. The SMILES string of the molecule is N[C@@H]1CC[C@H](C(=O)NCc2ccc3c(c2)OC(F)(F)O3)OC1. The van der Waals surface area contributed by atoms with Crippen molar-refractivity contribution < 1.29 is 27.8 Å². The number of benzene rings is 1. The van der Waals surface area contributed by atoms with E-state index in [-0.39, 0.29) is 30.0 Å². The molecule has 3 N–H and O–H groups in total. The molecule has 120 valence electrons. The van der Waals surface area contributed by atoms with Gasteiger partial charge in [0, 0.05) is 12.6 Å². The summed E-state index contributed by atoms with van der Waals surface area (Å²) in [4.78, 5) is 12.0. The van der Waals surface area contributed by atoms with Gasteiger partial charge in [-0.05, 0) is 30.5 Å². The Kier molecular flexibility index (Phi) is 3.88. The molecule has 0 radical (unpaired) electrons. The summed E-state index contributed by atoms with van der Waals surface area (Å²) in [7, 11) is 0. The highest BCUT2D eigenvalue weighted by Gasteiger charge is 2.43. The number of hydrogen-bond donors (Lipinski definition) is 2. The molecule has 2 atom stereocenters. The number of fused-ring (bicyclic) bond motifs is 1. The number of nitrogens with two attached hydrogens (primary N) is 1. The van der Waals surface area contributed by atoms with Crippen LogP contribution in [-0.4, -0.2) is 31.0 Å². The van der Waals surface area contributed by atoms with Gasteiger partial charge < -0.3 is 25.3 Å². The van der Waals surface area contributed by atoms with Gasteiger partial charge in [0.1, 0.15) is 6.10 Å². The van der Waals surface area contributed by atoms with E-state index in [9.17, 15) is 13.6 Å². The number of amides is 1. The van der Waals surface area contributed by atoms with E-state index >= 15 is 0 Å². The van der Waals surface area contributed by atoms with E-state index in [4.69, 9.17) is 10.5 Å². The van der Waals surface area contributed by atoms with Crippen molar-refractivity contribution in [2.75, 3.05) is 6.61 Å². The van der Waals surface area contributed by atoms with Gasteiger partial charge in [-0.2, -0.15) is 0 Å². The average molecular weight is 314 g/mol. The molecule has 0 aliphatic carbocycles. The molecule has 3 rings (SSSR count). The number of carbonyl (C=O) groups is 1. The van der Waals surface area contributed by atoms with Crippen LogP contribution in [0.3, 0.4) is 0 Å². The van der Waals surface area contributed by atoms with Crippen molar-refractivity contribution >= 4 is 5.91 Å². The molecular formula is C14H16F2N2O4. The third-order valence-electron chi connectivity index (χ3n) is 3.54. The number of halogens is 2. The standard InChI is InChI=1S/C14H16F2N2O4/c15-14(16)21-10-3-1-8(5-12(10)22-14)6-18-13(19)11-4-2-9(17)7-20-11/h1,3,5,9,11H,2,4,6-7,17H2,(H,18,19)/t9-,11-/m1/s1. The van der Waals surface area contributed by atoms with Crippen LogP contribution in [0.2, 0.25) is 0 Å². The summed E-state index contributed by atoms with van der Waals surface area (Å²) < 4.78 is 39.9. The third-order valence-corrected chi connectivity index (χ3v) is 3.54. The van der Waals surface area contributed by atoms with Crippen molar-refractivity contribution in [3.8, 4) is 11.5 Å². The zero-order chi connectivity index (χ0) is 15.7. The van der Waals surface area contributed by atoms with Crippen molar-refractivity contribution in [1.29, 1.82) is 0 Å². The molecule has 1 aromatic rings. The molecule has 2 heterocycles. The lowest BCUT2D eigenvalue weighted by atomic mass is 10.1. The first kappa shape index (κ1) is 15.0. The van der Waals surface area contributed by atoms with Crippen molar-refractivity contribution in [2.24, 2.45) is 5.73 Å². The lowest BCUT2D eigenvalue weighted by Crippen LogP contribution is -2.43. The Bertz CT molecular complexity index is 574. The van der Waals surface area contributed by atoms with E-state index in [2.05, 4.69) is 14.8 Å². The highest BCUT2D eigenvalue weighted by molar-refractivity contribution is 5.80. The molecule has 0 aromatic heterocycles. The fraction of sp³-hybridized carbons (Fsp3) is 0.500. The number of carbonyl (C=O) groups excluding carboxylic acids is 1. The molecule has 6 nitrogen and oxygen atoms in total. The molecule has 1 amide bonds. The smallest absolute Gasteiger partial charge is 0.395 e. The second-order valence-corrected chi connectivity index (χ2v) is 5.33. The molecule has 2 aliphatic rings. The van der Waals surface area contributed by atoms with Crippen LogP contribution < -0.4 is 20.5 Å². The van der Waals surface area contributed by atoms with Crippen LogP contribution in [0.15, 0.2) is 18.2 Å². The van der Waals surface area contributed by atoms with Gasteiger partial charge >= 0.3 is 6.29 Å². The van der Waals surface area contributed by atoms with Crippen molar-refractivity contribution in [3.63, 3.8) is 0 Å². The molecule has 0 unspecified atom stereocenters. The van der Waals surface area contributed by atoms with Gasteiger partial charge in [-0.25, -0.2) is 0 Å². The van der Waals surface area contributed by atoms with E-state index in [1.165, 1.54) is 12.1 Å². The molecular weight excluding hydrogens is 298 g/mol. The zero-order valence-electron chi connectivity index (χ0n) is 11.7.